The first-order valence-corrected chi connectivity index (χ1v) is 8.55. The van der Waals surface area contributed by atoms with Crippen LogP contribution in [0, 0.1) is 5.92 Å². The number of carbonyl (C=O) groups excluding carboxylic acids is 2. The zero-order valence-corrected chi connectivity index (χ0v) is 17.4. The van der Waals surface area contributed by atoms with Gasteiger partial charge >= 0.3 is 0 Å². The van der Waals surface area contributed by atoms with E-state index in [9.17, 15) is 9.59 Å². The highest BCUT2D eigenvalue weighted by Gasteiger charge is 2.34. The molecule has 26 heavy (non-hydrogen) atoms. The van der Waals surface area contributed by atoms with Crippen molar-refractivity contribution in [2.75, 3.05) is 46.9 Å². The number of aliphatic imine (C=N–C) groups is 1. The summed E-state index contributed by atoms with van der Waals surface area (Å²) in [6.45, 7) is 3.38. The Bertz CT molecular complexity index is 660. The van der Waals surface area contributed by atoms with Crippen LogP contribution in [0.2, 0.25) is 0 Å². The van der Waals surface area contributed by atoms with Crippen LogP contribution >= 0.6 is 24.0 Å². The number of methoxy groups -OCH3 is 1. The molecule has 3 rings (SSSR count). The molecular formula is C18H25IN4O3. The lowest BCUT2D eigenvalue weighted by Gasteiger charge is -2.22. The van der Waals surface area contributed by atoms with Crippen molar-refractivity contribution in [2.45, 2.75) is 6.42 Å². The van der Waals surface area contributed by atoms with E-state index < -0.39 is 0 Å². The van der Waals surface area contributed by atoms with E-state index in [1.165, 1.54) is 4.90 Å². The smallest absolute Gasteiger partial charge is 0.261 e. The van der Waals surface area contributed by atoms with Gasteiger partial charge in [0.2, 0.25) is 0 Å². The lowest BCUT2D eigenvalue weighted by atomic mass is 10.1. The molecule has 0 saturated carbocycles. The summed E-state index contributed by atoms with van der Waals surface area (Å²) in [5.41, 5.74) is 0.970. The first kappa shape index (κ1) is 20.6. The Morgan fingerprint density at radius 2 is 1.92 bits per heavy atom. The molecule has 7 nitrogen and oxygen atoms in total. The number of nitrogens with zero attached hydrogens (tertiary/aromatic N) is 3. The number of benzene rings is 1. The van der Waals surface area contributed by atoms with Crippen LogP contribution in [0.4, 0.5) is 0 Å². The number of hydrogen-bond donors (Lipinski definition) is 1. The van der Waals surface area contributed by atoms with Crippen molar-refractivity contribution in [3.8, 4) is 0 Å². The molecule has 1 N–H and O–H groups in total. The van der Waals surface area contributed by atoms with Crippen LogP contribution in [0.15, 0.2) is 29.3 Å². The topological polar surface area (TPSA) is 74.2 Å². The van der Waals surface area contributed by atoms with Gasteiger partial charge in [-0.05, 0) is 18.6 Å². The molecule has 2 amide bonds. The van der Waals surface area contributed by atoms with Gasteiger partial charge in [-0.3, -0.25) is 19.5 Å². The molecule has 142 valence electrons. The van der Waals surface area contributed by atoms with Gasteiger partial charge in [-0.2, -0.15) is 0 Å². The van der Waals surface area contributed by atoms with E-state index in [0.717, 1.165) is 32.1 Å². The standard InChI is InChI=1S/C18H24N4O3.HI/c1-19-18(21-9-7-13(11-21)12-25-2)20-8-10-22-16(23)14-5-3-4-6-15(14)17(22)24;/h3-6,13H,7-12H2,1-2H3,(H,19,20);1H. The number of likely N-dealkylation sites (tertiary alicyclic amines) is 1. The third-order valence-electron chi connectivity index (χ3n) is 4.70. The lowest BCUT2D eigenvalue weighted by Crippen LogP contribution is -2.44. The molecule has 1 unspecified atom stereocenters. The van der Waals surface area contributed by atoms with Crippen LogP contribution in [-0.4, -0.2) is 74.5 Å². The molecule has 1 fully saturated rings. The summed E-state index contributed by atoms with van der Waals surface area (Å²) in [6, 6.07) is 6.94. The summed E-state index contributed by atoms with van der Waals surface area (Å²) in [4.78, 5) is 32.5. The number of carbonyl (C=O) groups is 2. The van der Waals surface area contributed by atoms with Crippen LogP contribution in [0.1, 0.15) is 27.1 Å². The largest absolute Gasteiger partial charge is 0.384 e. The first-order valence-electron chi connectivity index (χ1n) is 8.55. The van der Waals surface area contributed by atoms with E-state index in [2.05, 4.69) is 15.2 Å². The summed E-state index contributed by atoms with van der Waals surface area (Å²) in [5.74, 6) is 0.868. The molecule has 1 atom stereocenters. The zero-order chi connectivity index (χ0) is 17.8. The Morgan fingerprint density at radius 1 is 1.27 bits per heavy atom. The summed E-state index contributed by atoms with van der Waals surface area (Å²) in [7, 11) is 3.46. The van der Waals surface area contributed by atoms with Gasteiger partial charge in [0, 0.05) is 46.3 Å². The Kier molecular flexibility index (Phi) is 7.39. The number of rotatable bonds is 5. The molecule has 0 aromatic heterocycles. The quantitative estimate of drug-likeness (QED) is 0.304. The van der Waals surface area contributed by atoms with Crippen molar-refractivity contribution in [2.24, 2.45) is 10.9 Å². The molecule has 0 spiro atoms. The fourth-order valence-electron chi connectivity index (χ4n) is 3.45. The van der Waals surface area contributed by atoms with Gasteiger partial charge in [0.25, 0.3) is 11.8 Å². The molecule has 2 aliphatic heterocycles. The van der Waals surface area contributed by atoms with E-state index in [4.69, 9.17) is 4.74 Å². The molecule has 2 aliphatic rings. The van der Waals surface area contributed by atoms with Crippen LogP contribution in [0.3, 0.4) is 0 Å². The van der Waals surface area contributed by atoms with E-state index in [0.29, 0.717) is 30.1 Å². The average Bonchev–Trinajstić information content (AvgIpc) is 3.18. The van der Waals surface area contributed by atoms with Gasteiger partial charge in [-0.1, -0.05) is 12.1 Å². The van der Waals surface area contributed by atoms with Gasteiger partial charge in [-0.15, -0.1) is 24.0 Å². The van der Waals surface area contributed by atoms with Gasteiger partial charge in [0.15, 0.2) is 5.96 Å². The highest BCUT2D eigenvalue weighted by Crippen LogP contribution is 2.22. The number of hydrogen-bond acceptors (Lipinski definition) is 4. The number of ether oxygens (including phenoxy) is 1. The van der Waals surface area contributed by atoms with E-state index in [-0.39, 0.29) is 35.8 Å². The molecule has 1 aromatic carbocycles. The average molecular weight is 472 g/mol. The molecule has 0 bridgehead atoms. The van der Waals surface area contributed by atoms with Crippen molar-refractivity contribution in [3.05, 3.63) is 35.4 Å². The highest BCUT2D eigenvalue weighted by molar-refractivity contribution is 14.0. The predicted molar refractivity (Wildman–Crippen MR) is 110 cm³/mol. The van der Waals surface area contributed by atoms with Crippen molar-refractivity contribution in [3.63, 3.8) is 0 Å². The Labute approximate surface area is 170 Å². The maximum absolute atomic E-state index is 12.3. The maximum atomic E-state index is 12.3. The Hall–Kier alpha value is -1.68. The molecule has 8 heteroatoms. The van der Waals surface area contributed by atoms with Crippen molar-refractivity contribution < 1.29 is 14.3 Å². The van der Waals surface area contributed by atoms with Crippen molar-refractivity contribution >= 4 is 41.8 Å². The van der Waals surface area contributed by atoms with Crippen LogP contribution in [0.5, 0.6) is 0 Å². The number of amides is 2. The highest BCUT2D eigenvalue weighted by atomic mass is 127. The summed E-state index contributed by atoms with van der Waals surface area (Å²) < 4.78 is 5.22. The summed E-state index contributed by atoms with van der Waals surface area (Å²) >= 11 is 0. The van der Waals surface area contributed by atoms with Crippen LogP contribution < -0.4 is 5.32 Å². The molecular weight excluding hydrogens is 447 g/mol. The minimum Gasteiger partial charge on any atom is -0.384 e. The Morgan fingerprint density at radius 3 is 2.50 bits per heavy atom. The number of nitrogens with one attached hydrogen (secondary N) is 1. The fraction of sp³-hybridized carbons (Fsp3) is 0.500. The lowest BCUT2D eigenvalue weighted by molar-refractivity contribution is 0.0657. The van der Waals surface area contributed by atoms with Gasteiger partial charge in [0.1, 0.15) is 0 Å². The molecule has 1 aromatic rings. The molecule has 0 aliphatic carbocycles. The number of imide groups is 1. The molecule has 2 heterocycles. The second-order valence-corrected chi connectivity index (χ2v) is 6.34. The SMILES string of the molecule is CN=C(NCCN1C(=O)c2ccccc2C1=O)N1CCC(COC)C1.I. The van der Waals surface area contributed by atoms with Crippen molar-refractivity contribution in [1.29, 1.82) is 0 Å². The summed E-state index contributed by atoms with van der Waals surface area (Å²) in [6.07, 6.45) is 1.08. The minimum atomic E-state index is -0.223. The monoisotopic (exact) mass is 472 g/mol. The number of guanidine groups is 1. The van der Waals surface area contributed by atoms with E-state index in [1.807, 2.05) is 0 Å². The normalized spacial score (nSPS) is 19.6. The molecule has 0 radical (unpaired) electrons. The molecule has 1 saturated heterocycles. The van der Waals surface area contributed by atoms with Crippen LogP contribution in [-0.2, 0) is 4.74 Å². The Balaban J connectivity index is 0.00000243. The van der Waals surface area contributed by atoms with Crippen molar-refractivity contribution in [1.82, 2.24) is 15.1 Å². The fourth-order valence-corrected chi connectivity index (χ4v) is 3.45. The van der Waals surface area contributed by atoms with Gasteiger partial charge < -0.3 is 15.0 Å². The minimum absolute atomic E-state index is 0. The maximum Gasteiger partial charge on any atom is 0.261 e. The third-order valence-corrected chi connectivity index (χ3v) is 4.70. The van der Waals surface area contributed by atoms with Gasteiger partial charge in [0.05, 0.1) is 17.7 Å². The third kappa shape index (κ3) is 4.17. The number of halogens is 1. The van der Waals surface area contributed by atoms with Gasteiger partial charge in [-0.25, -0.2) is 0 Å². The second-order valence-electron chi connectivity index (χ2n) is 6.34. The van der Waals surface area contributed by atoms with E-state index >= 15 is 0 Å². The summed E-state index contributed by atoms with van der Waals surface area (Å²) in [5, 5.41) is 3.26. The zero-order valence-electron chi connectivity index (χ0n) is 15.1. The first-order chi connectivity index (χ1) is 12.2. The number of fused-ring (bicyclic) bond motifs is 1. The predicted octanol–water partition coefficient (Wildman–Crippen LogP) is 1.44. The van der Waals surface area contributed by atoms with E-state index in [1.54, 1.807) is 38.4 Å². The van der Waals surface area contributed by atoms with Crippen LogP contribution in [0.25, 0.3) is 0 Å². The second kappa shape index (κ2) is 9.31.